The van der Waals surface area contributed by atoms with E-state index in [1.54, 1.807) is 0 Å². The Morgan fingerprint density at radius 2 is 0.705 bits per heavy atom. The summed E-state index contributed by atoms with van der Waals surface area (Å²) in [7, 11) is -22.8. The van der Waals surface area contributed by atoms with E-state index in [1.165, 1.54) is 0 Å². The molecule has 0 amide bonds. The lowest BCUT2D eigenvalue weighted by atomic mass is 10.6. The Morgan fingerprint density at radius 1 is 0.500 bits per heavy atom. The summed E-state index contributed by atoms with van der Waals surface area (Å²) >= 11 is 0. The fraction of sp³-hybridized carbons (Fsp3) is 0.571. The molecule has 0 saturated heterocycles. The third-order valence-corrected chi connectivity index (χ3v) is 9.31. The van der Waals surface area contributed by atoms with Gasteiger partial charge in [0.05, 0.1) is 14.1 Å². The fourth-order valence-corrected chi connectivity index (χ4v) is 5.35. The molecule has 0 aliphatic rings. The van der Waals surface area contributed by atoms with E-state index in [1.807, 2.05) is 14.1 Å². The van der Waals surface area contributed by atoms with Crippen molar-refractivity contribution in [3.8, 4) is 0 Å². The Balaban J connectivity index is 0.000000630. The summed E-state index contributed by atoms with van der Waals surface area (Å²) in [6.45, 7) is 2.02. The van der Waals surface area contributed by atoms with E-state index >= 15 is 0 Å². The lowest BCUT2D eigenvalue weighted by molar-refractivity contribution is -0.671. The first kappa shape index (κ1) is 41.3. The quantitative estimate of drug-likeness (QED) is 0.303. The Bertz CT molecular complexity index is 1480. The van der Waals surface area contributed by atoms with Gasteiger partial charge >= 0.3 is 22.0 Å². The van der Waals surface area contributed by atoms with Gasteiger partial charge in [-0.25, -0.2) is 51.9 Å². The molecule has 0 unspecified atom stereocenters. The van der Waals surface area contributed by atoms with Crippen LogP contribution in [0.15, 0.2) is 37.4 Å². The van der Waals surface area contributed by atoms with Crippen molar-refractivity contribution in [2.24, 2.45) is 14.1 Å². The average Bonchev–Trinajstić information content (AvgIpc) is 3.36. The third-order valence-electron chi connectivity index (χ3n) is 3.83. The number of imidazole rings is 2. The van der Waals surface area contributed by atoms with Crippen molar-refractivity contribution < 1.29 is 95.5 Å². The van der Waals surface area contributed by atoms with E-state index in [2.05, 4.69) is 55.7 Å². The van der Waals surface area contributed by atoms with Crippen LogP contribution in [0, 0.1) is 0 Å². The molecule has 0 aliphatic carbocycles. The zero-order valence-corrected chi connectivity index (χ0v) is 24.3. The number of aromatic nitrogens is 4. The van der Waals surface area contributed by atoms with Crippen LogP contribution in [0.3, 0.4) is 0 Å². The number of nitrogens with zero attached hydrogens (tertiary/aromatic N) is 6. The minimum Gasteiger partial charge on any atom is -0.421 e. The van der Waals surface area contributed by atoms with Gasteiger partial charge in [-0.15, -0.1) is 0 Å². The van der Waals surface area contributed by atoms with Gasteiger partial charge in [0.1, 0.15) is 37.9 Å². The monoisotopic (exact) mass is 752 g/mol. The summed E-state index contributed by atoms with van der Waals surface area (Å²) in [4.78, 5) is 0. The predicted octanol–water partition coefficient (Wildman–Crippen LogP) is 1.76. The highest BCUT2D eigenvalue weighted by Gasteiger charge is 2.48. The zero-order chi connectivity index (χ0) is 35.4. The van der Waals surface area contributed by atoms with Crippen LogP contribution in [0.5, 0.6) is 0 Å². The minimum absolute atomic E-state index is 0.778. The van der Waals surface area contributed by atoms with Crippen molar-refractivity contribution in [2.45, 2.75) is 35.1 Å². The van der Waals surface area contributed by atoms with E-state index in [4.69, 9.17) is 0 Å². The molecule has 2 heterocycles. The molecule has 0 bridgehead atoms. The topological polar surface area (TPSA) is 182 Å². The molecule has 0 fully saturated rings. The van der Waals surface area contributed by atoms with E-state index in [0.717, 1.165) is 21.3 Å². The van der Waals surface area contributed by atoms with Crippen LogP contribution in [0.25, 0.3) is 8.25 Å². The molecule has 0 spiro atoms. The first-order valence-corrected chi connectivity index (χ1v) is 15.7. The van der Waals surface area contributed by atoms with Crippen LogP contribution >= 0.6 is 0 Å². The normalized spacial score (nSPS) is 13.9. The Labute approximate surface area is 239 Å². The standard InChI is InChI=1S/C10H16N4.2C2F6NO4S2/c1-11-3-5-13(9-11)7-8-14-6-4-12(2)10-14;2*3-1(4,5)14(10,11)9-15(12,13)2(6,7)8/h3-6,9-10H,7-8H2,1-2H3;;/q+2;2*-1. The van der Waals surface area contributed by atoms with Crippen LogP contribution < -0.4 is 9.13 Å². The maximum atomic E-state index is 11.4. The number of aryl methyl sites for hydroxylation is 4. The van der Waals surface area contributed by atoms with Gasteiger partial charge in [0.15, 0.2) is 40.1 Å². The molecular formula is C14H16F12N6O8S4. The van der Waals surface area contributed by atoms with Crippen molar-refractivity contribution in [3.63, 3.8) is 0 Å². The number of hydrogen-bond acceptors (Lipinski definition) is 8. The van der Waals surface area contributed by atoms with E-state index in [0.29, 0.717) is 0 Å². The molecule has 0 aromatic carbocycles. The molecule has 0 aliphatic heterocycles. The number of sulfonamides is 4. The number of alkyl halides is 12. The fourth-order valence-electron chi connectivity index (χ4n) is 1.93. The number of halogens is 12. The summed E-state index contributed by atoms with van der Waals surface area (Å²) in [5.41, 5.74) is -24.8. The maximum absolute atomic E-state index is 11.4. The van der Waals surface area contributed by atoms with Gasteiger partial charge in [0.2, 0.25) is 12.7 Å². The molecule has 0 radical (unpaired) electrons. The Morgan fingerprint density at radius 3 is 0.841 bits per heavy atom. The molecule has 2 aromatic heterocycles. The van der Waals surface area contributed by atoms with E-state index in [9.17, 15) is 86.4 Å². The molecule has 258 valence electrons. The molecule has 0 saturated carbocycles. The van der Waals surface area contributed by atoms with Crippen molar-refractivity contribution in [1.29, 1.82) is 0 Å². The van der Waals surface area contributed by atoms with Gasteiger partial charge in [-0.3, -0.25) is 0 Å². The summed E-state index contributed by atoms with van der Waals surface area (Å²) in [6, 6.07) is 0. The second-order valence-electron chi connectivity index (χ2n) is 7.47. The lowest BCUT2D eigenvalue weighted by Gasteiger charge is -2.22. The second-order valence-corrected chi connectivity index (χ2v) is 14.3. The average molecular weight is 753 g/mol. The maximum Gasteiger partial charge on any atom is 0.480 e. The van der Waals surface area contributed by atoms with Gasteiger partial charge in [-0.1, -0.05) is 0 Å². The van der Waals surface area contributed by atoms with Crippen LogP contribution in [-0.4, -0.2) is 64.8 Å². The summed E-state index contributed by atoms with van der Waals surface area (Å²) < 4.78 is 227. The highest BCUT2D eigenvalue weighted by molar-refractivity contribution is 8.13. The van der Waals surface area contributed by atoms with Gasteiger partial charge in [-0.2, -0.15) is 52.7 Å². The van der Waals surface area contributed by atoms with Crippen LogP contribution in [0.2, 0.25) is 0 Å². The lowest BCUT2D eigenvalue weighted by Crippen LogP contribution is -2.30. The van der Waals surface area contributed by atoms with Crippen molar-refractivity contribution in [2.75, 3.05) is 0 Å². The van der Waals surface area contributed by atoms with Crippen molar-refractivity contribution >= 4 is 40.1 Å². The van der Waals surface area contributed by atoms with E-state index < -0.39 is 62.1 Å². The number of rotatable bonds is 7. The van der Waals surface area contributed by atoms with Crippen LogP contribution in [0.1, 0.15) is 0 Å². The predicted molar refractivity (Wildman–Crippen MR) is 118 cm³/mol. The van der Waals surface area contributed by atoms with Gasteiger partial charge in [0, 0.05) is 0 Å². The molecular weight excluding hydrogens is 736 g/mol. The molecule has 0 N–H and O–H groups in total. The summed E-state index contributed by atoms with van der Waals surface area (Å²) in [5.74, 6) is 0. The summed E-state index contributed by atoms with van der Waals surface area (Å²) in [5, 5.41) is 0. The van der Waals surface area contributed by atoms with Gasteiger partial charge in [0.25, 0.3) is 0 Å². The molecule has 2 aromatic rings. The molecule has 2 rings (SSSR count). The van der Waals surface area contributed by atoms with Gasteiger partial charge in [-0.05, 0) is 0 Å². The van der Waals surface area contributed by atoms with Crippen LogP contribution in [-0.2, 0) is 67.3 Å². The number of hydrogen-bond donors (Lipinski definition) is 0. The SMILES string of the molecule is C[n+]1ccn(CCn2cc[n+](C)c2)c1.O=S(=O)([N-]S(=O)(=O)C(F)(F)F)C(F)(F)F.O=S(=O)([N-]S(=O)(=O)C(F)(F)F)C(F)(F)F. The largest absolute Gasteiger partial charge is 0.480 e. The highest BCUT2D eigenvalue weighted by Crippen LogP contribution is 2.37. The van der Waals surface area contributed by atoms with Crippen molar-refractivity contribution in [1.82, 2.24) is 9.13 Å². The Kier molecular flexibility index (Phi) is 12.9. The minimum atomic E-state index is -6.72. The molecule has 44 heavy (non-hydrogen) atoms. The highest BCUT2D eigenvalue weighted by atomic mass is 32.3. The van der Waals surface area contributed by atoms with E-state index in [-0.39, 0.29) is 0 Å². The molecule has 0 atom stereocenters. The summed E-state index contributed by atoms with van der Waals surface area (Å²) in [6.07, 6.45) is 12.4. The second kappa shape index (κ2) is 13.7. The first-order chi connectivity index (χ1) is 19.2. The third kappa shape index (κ3) is 12.4. The molecule has 14 nitrogen and oxygen atoms in total. The zero-order valence-electron chi connectivity index (χ0n) is 21.0. The molecule has 30 heteroatoms. The van der Waals surface area contributed by atoms with Crippen molar-refractivity contribution in [3.05, 3.63) is 45.7 Å². The van der Waals surface area contributed by atoms with Crippen LogP contribution in [0.4, 0.5) is 52.7 Å². The first-order valence-electron chi connectivity index (χ1n) is 9.91. The van der Waals surface area contributed by atoms with Gasteiger partial charge < -0.3 is 8.25 Å². The smallest absolute Gasteiger partial charge is 0.421 e. The Hall–Kier alpha value is -2.70.